The highest BCUT2D eigenvalue weighted by atomic mass is 32.2. The van der Waals surface area contributed by atoms with Crippen molar-refractivity contribution in [3.63, 3.8) is 0 Å². The molecule has 8 nitrogen and oxygen atoms in total. The van der Waals surface area contributed by atoms with Crippen molar-refractivity contribution in [2.24, 2.45) is 0 Å². The predicted molar refractivity (Wildman–Crippen MR) is 352 cm³/mol. The number of aromatic nitrogens is 8. The molecule has 0 N–H and O–H groups in total. The lowest BCUT2D eigenvalue weighted by atomic mass is 10.0. The normalized spacial score (nSPS) is 12.7. The van der Waals surface area contributed by atoms with Gasteiger partial charge in [0.15, 0.2) is 29.1 Å². The summed E-state index contributed by atoms with van der Waals surface area (Å²) in [4.78, 5) is 36.6. The van der Waals surface area contributed by atoms with Crippen molar-refractivity contribution in [1.82, 2.24) is 39.0 Å². The maximum atomic E-state index is 5.37. The molecule has 0 amide bonds. The van der Waals surface area contributed by atoms with E-state index in [0.717, 1.165) is 79.5 Å². The van der Waals surface area contributed by atoms with Gasteiger partial charge in [-0.3, -0.25) is 4.57 Å². The van der Waals surface area contributed by atoms with Gasteiger partial charge in [-0.2, -0.15) is 9.97 Å². The van der Waals surface area contributed by atoms with Crippen molar-refractivity contribution < 1.29 is 0 Å². The highest BCUT2D eigenvalue weighted by molar-refractivity contribution is 8.00. The maximum absolute atomic E-state index is 5.37. The van der Waals surface area contributed by atoms with E-state index in [0.29, 0.717) is 35.1 Å². The summed E-state index contributed by atoms with van der Waals surface area (Å²) in [7, 11) is 0. The Kier molecular flexibility index (Phi) is 12.0. The molecule has 4 aromatic heterocycles. The van der Waals surface area contributed by atoms with Gasteiger partial charge in [-0.05, 0) is 107 Å². The van der Waals surface area contributed by atoms with Gasteiger partial charge in [0.05, 0.1) is 22.1 Å². The summed E-state index contributed by atoms with van der Waals surface area (Å²) in [5.41, 5.74) is 17.1. The third kappa shape index (κ3) is 8.71. The number of nitrogens with zero attached hydrogens (tertiary/aromatic N) is 8. The molecule has 2 aliphatic heterocycles. The summed E-state index contributed by atoms with van der Waals surface area (Å²) in [6.07, 6.45) is 6.47. The van der Waals surface area contributed by atoms with Crippen LogP contribution in [0.5, 0.6) is 0 Å². The molecule has 11 aromatic carbocycles. The lowest BCUT2D eigenvalue weighted by Gasteiger charge is -2.13. The fourth-order valence-electron chi connectivity index (χ4n) is 12.4. The minimum atomic E-state index is 0.566. The Morgan fingerprint density at radius 3 is 1.60 bits per heavy atom. The lowest BCUT2D eigenvalue weighted by Crippen LogP contribution is -2.06. The highest BCUT2D eigenvalue weighted by Gasteiger charge is 2.25. The van der Waals surface area contributed by atoms with Crippen molar-refractivity contribution in [2.75, 3.05) is 0 Å². The molecule has 10 heteroatoms. The number of aryl methyl sites for hydroxylation is 2. The lowest BCUT2D eigenvalue weighted by molar-refractivity contribution is 0.929. The van der Waals surface area contributed by atoms with Crippen LogP contribution in [-0.4, -0.2) is 39.0 Å². The van der Waals surface area contributed by atoms with Gasteiger partial charge in [-0.25, -0.2) is 19.9 Å². The van der Waals surface area contributed by atoms with Crippen LogP contribution in [0.3, 0.4) is 0 Å². The van der Waals surface area contributed by atoms with Gasteiger partial charge in [0.1, 0.15) is 0 Å². The summed E-state index contributed by atoms with van der Waals surface area (Å²) >= 11 is 3.71. The number of fused-ring (bicyclic) bond motifs is 11. The summed E-state index contributed by atoms with van der Waals surface area (Å²) in [6.45, 7) is 0. The van der Waals surface area contributed by atoms with Gasteiger partial charge in [-0.1, -0.05) is 230 Å². The van der Waals surface area contributed by atoms with Gasteiger partial charge in [0.25, 0.3) is 0 Å². The van der Waals surface area contributed by atoms with Crippen molar-refractivity contribution in [1.29, 1.82) is 0 Å². The summed E-state index contributed by atoms with van der Waals surface area (Å²) < 4.78 is 4.60. The van der Waals surface area contributed by atoms with Crippen LogP contribution in [0, 0.1) is 0 Å². The number of hydrogen-bond donors (Lipinski definition) is 0. The Bertz CT molecular complexity index is 5240. The fraction of sp³-hybridized carbons (Fsp3) is 0.0263. The summed E-state index contributed by atoms with van der Waals surface area (Å²) in [5, 5.41) is 4.81. The molecule has 0 bridgehead atoms. The topological polar surface area (TPSA) is 87.2 Å². The van der Waals surface area contributed by atoms with Crippen molar-refractivity contribution >= 4 is 79.3 Å². The van der Waals surface area contributed by atoms with E-state index in [1.807, 2.05) is 59.9 Å². The van der Waals surface area contributed by atoms with Gasteiger partial charge in [0.2, 0.25) is 5.95 Å². The molecule has 0 saturated carbocycles. The van der Waals surface area contributed by atoms with Crippen molar-refractivity contribution in [3.8, 4) is 79.7 Å². The van der Waals surface area contributed by atoms with Crippen LogP contribution in [0.4, 0.5) is 0 Å². The minimum Gasteiger partial charge on any atom is -0.309 e. The Balaban J connectivity index is 0.739. The second-order valence-corrected chi connectivity index (χ2v) is 23.9. The minimum absolute atomic E-state index is 0.566. The molecule has 0 aliphatic carbocycles. The molecule has 0 atom stereocenters. The monoisotopic (exact) mass is 1140 g/mol. The van der Waals surface area contributed by atoms with Gasteiger partial charge >= 0.3 is 0 Å². The Morgan fingerprint density at radius 1 is 0.291 bits per heavy atom. The van der Waals surface area contributed by atoms with E-state index in [9.17, 15) is 0 Å². The van der Waals surface area contributed by atoms with E-state index in [2.05, 4.69) is 240 Å². The third-order valence-corrected chi connectivity index (χ3v) is 19.0. The number of rotatable bonds is 8. The molecule has 2 aliphatic rings. The largest absolute Gasteiger partial charge is 0.309 e. The maximum Gasteiger partial charge on any atom is 0.238 e. The smallest absolute Gasteiger partial charge is 0.238 e. The summed E-state index contributed by atoms with van der Waals surface area (Å²) in [6, 6.07) is 89.9. The van der Waals surface area contributed by atoms with Crippen LogP contribution < -0.4 is 0 Å². The average Bonchev–Trinajstić information content (AvgIpc) is 2.36. The molecular weight excluding hydrogens is 1090 g/mol. The van der Waals surface area contributed by atoms with Crippen LogP contribution >= 0.6 is 23.5 Å². The Hall–Kier alpha value is -10.5. The van der Waals surface area contributed by atoms with E-state index < -0.39 is 0 Å². The van der Waals surface area contributed by atoms with Gasteiger partial charge in [-0.15, -0.1) is 0 Å². The SMILES string of the molecule is C1=Cc2cc3c(cc2Sc2ccccc21)c1ccccc1n3-c1cccc(-c2nc(-c3ccccc3)nc(-c3ccc(-c4cccc(-c5nc(-c6ccccc6)nc(-n6c7ccccc7c7c8c(ccc76)CCc6ccccc6S8)n5)c4)cc3)n2)c1. The van der Waals surface area contributed by atoms with Gasteiger partial charge in [0, 0.05) is 74.6 Å². The van der Waals surface area contributed by atoms with Crippen LogP contribution in [0.15, 0.2) is 274 Å². The molecule has 17 rings (SSSR count). The second-order valence-electron chi connectivity index (χ2n) is 21.8. The highest BCUT2D eigenvalue weighted by Crippen LogP contribution is 2.47. The van der Waals surface area contributed by atoms with E-state index in [1.54, 1.807) is 0 Å². The quantitative estimate of drug-likeness (QED) is 0.149. The molecular formula is C76H48N8S2. The van der Waals surface area contributed by atoms with E-state index in [4.69, 9.17) is 29.9 Å². The molecule has 0 fully saturated rings. The molecule has 6 heterocycles. The van der Waals surface area contributed by atoms with Crippen molar-refractivity contribution in [3.05, 3.63) is 277 Å². The molecule has 0 spiro atoms. The number of hydrogen-bond acceptors (Lipinski definition) is 8. The third-order valence-electron chi connectivity index (χ3n) is 16.6. The molecule has 0 unspecified atom stereocenters. The van der Waals surface area contributed by atoms with E-state index >= 15 is 0 Å². The first kappa shape index (κ1) is 50.0. The van der Waals surface area contributed by atoms with Crippen LogP contribution in [0.25, 0.3) is 135 Å². The average molecular weight is 1140 g/mol. The first-order valence-electron chi connectivity index (χ1n) is 28.9. The summed E-state index contributed by atoms with van der Waals surface area (Å²) in [5.74, 6) is 3.53. The fourth-order valence-corrected chi connectivity index (χ4v) is 14.7. The Morgan fingerprint density at radius 2 is 0.837 bits per heavy atom. The first-order chi connectivity index (χ1) is 42.6. The zero-order valence-electron chi connectivity index (χ0n) is 46.2. The number of para-hydroxylation sites is 2. The zero-order chi connectivity index (χ0) is 56.7. The van der Waals surface area contributed by atoms with Crippen LogP contribution in [-0.2, 0) is 12.8 Å². The molecule has 0 radical (unpaired) electrons. The predicted octanol–water partition coefficient (Wildman–Crippen LogP) is 19.1. The molecule has 86 heavy (non-hydrogen) atoms. The van der Waals surface area contributed by atoms with Crippen LogP contribution in [0.1, 0.15) is 22.3 Å². The molecule has 15 aromatic rings. The van der Waals surface area contributed by atoms with E-state index in [-0.39, 0.29) is 0 Å². The van der Waals surface area contributed by atoms with Gasteiger partial charge < -0.3 is 4.57 Å². The standard InChI is InChI=1S/C76H48N8S2/c1-3-19-51(20-4-1)71-77-72(79-74(78-71)57-25-16-26-58(44-57)83-62-29-11-9-27-59(62)61-46-68-55(45-65(61)83)40-36-48-17-7-13-31-66(48)85-68)53-38-33-47(34-39-53)54-23-15-24-56(43-54)75-80-73(52-21-5-2-6-22-52)81-76(82-75)84-63-30-12-10-28-60(63)69-64(84)42-41-50-37-35-49-18-8-14-32-67(49)86-70(50)69/h1-34,36,38-46H,35,37H2. The number of benzene rings is 11. The Labute approximate surface area is 504 Å². The van der Waals surface area contributed by atoms with Crippen molar-refractivity contribution in [2.45, 2.75) is 32.4 Å². The second kappa shape index (κ2) is 20.7. The first-order valence-corrected chi connectivity index (χ1v) is 30.5. The molecule has 0 saturated heterocycles. The van der Waals surface area contributed by atoms with E-state index in [1.165, 1.54) is 63.4 Å². The zero-order valence-corrected chi connectivity index (χ0v) is 47.8. The molecule has 404 valence electrons. The van der Waals surface area contributed by atoms with Crippen LogP contribution in [0.2, 0.25) is 0 Å².